The molecule has 0 fully saturated rings. The summed E-state index contributed by atoms with van der Waals surface area (Å²) >= 11 is 0. The number of nitrogens with one attached hydrogen (secondary N) is 1. The minimum atomic E-state index is -2.66. The van der Waals surface area contributed by atoms with Gasteiger partial charge in [-0.2, -0.15) is 0 Å². The molecule has 0 saturated carbocycles. The van der Waals surface area contributed by atoms with Crippen LogP contribution in [0.5, 0.6) is 0 Å². The van der Waals surface area contributed by atoms with Crippen LogP contribution < -0.4 is 5.32 Å². The Morgan fingerprint density at radius 1 is 1.06 bits per heavy atom. The Bertz CT molecular complexity index is 386. The topological polar surface area (TPSA) is 39.7 Å². The van der Waals surface area contributed by atoms with Crippen molar-refractivity contribution < 1.29 is 13.3 Å². The molecular weight excluding hydrogens is 246 g/mol. The quantitative estimate of drug-likeness (QED) is 0.806. The van der Waals surface area contributed by atoms with E-state index in [4.69, 9.17) is 13.3 Å². The Balaban J connectivity index is 2.92. The SMILES string of the molecule is CO[Si](OC)(OC)C(C)Nc1cccc(C)c1C. The Morgan fingerprint density at radius 2 is 1.61 bits per heavy atom. The van der Waals surface area contributed by atoms with Crippen LogP contribution in [0.25, 0.3) is 0 Å². The first kappa shape index (κ1) is 15.2. The molecule has 18 heavy (non-hydrogen) atoms. The van der Waals surface area contributed by atoms with Gasteiger partial charge in [0.25, 0.3) is 0 Å². The molecule has 1 rings (SSSR count). The predicted molar refractivity (Wildman–Crippen MR) is 75.8 cm³/mol. The van der Waals surface area contributed by atoms with Gasteiger partial charge in [0.05, 0.1) is 5.67 Å². The molecule has 0 aromatic heterocycles. The first-order valence-electron chi connectivity index (χ1n) is 5.99. The molecule has 5 heteroatoms. The maximum atomic E-state index is 5.47. The lowest BCUT2D eigenvalue weighted by molar-refractivity contribution is 0.117. The molecule has 0 aliphatic rings. The third-order valence-electron chi connectivity index (χ3n) is 3.36. The molecule has 4 nitrogen and oxygen atoms in total. The second kappa shape index (κ2) is 6.33. The Labute approximate surface area is 111 Å². The van der Waals surface area contributed by atoms with E-state index in [2.05, 4.69) is 31.3 Å². The summed E-state index contributed by atoms with van der Waals surface area (Å²) in [7, 11) is 2.22. The Kier molecular flexibility index (Phi) is 5.34. The number of benzene rings is 1. The van der Waals surface area contributed by atoms with Crippen molar-refractivity contribution in [2.24, 2.45) is 0 Å². The fourth-order valence-corrected chi connectivity index (χ4v) is 3.90. The summed E-state index contributed by atoms with van der Waals surface area (Å²) in [5, 5.41) is 3.43. The summed E-state index contributed by atoms with van der Waals surface area (Å²) in [5.41, 5.74) is 3.56. The largest absolute Gasteiger partial charge is 0.523 e. The van der Waals surface area contributed by atoms with E-state index in [1.165, 1.54) is 11.1 Å². The van der Waals surface area contributed by atoms with Gasteiger partial charge in [-0.05, 0) is 38.0 Å². The second-order valence-electron chi connectivity index (χ2n) is 4.33. The van der Waals surface area contributed by atoms with E-state index < -0.39 is 8.80 Å². The average molecular weight is 269 g/mol. The van der Waals surface area contributed by atoms with Crippen LogP contribution in [0, 0.1) is 13.8 Å². The summed E-state index contributed by atoms with van der Waals surface area (Å²) < 4.78 is 16.4. The predicted octanol–water partition coefficient (Wildman–Crippen LogP) is 2.52. The molecule has 1 aromatic carbocycles. The maximum Gasteiger partial charge on any atom is 0.523 e. The molecule has 0 amide bonds. The van der Waals surface area contributed by atoms with Gasteiger partial charge in [-0.15, -0.1) is 0 Å². The zero-order chi connectivity index (χ0) is 13.8. The van der Waals surface area contributed by atoms with E-state index in [0.29, 0.717) is 0 Å². The molecule has 0 spiro atoms. The molecule has 1 N–H and O–H groups in total. The highest BCUT2D eigenvalue weighted by molar-refractivity contribution is 6.62. The van der Waals surface area contributed by atoms with Crippen molar-refractivity contribution in [2.75, 3.05) is 26.6 Å². The van der Waals surface area contributed by atoms with Crippen molar-refractivity contribution in [3.05, 3.63) is 29.3 Å². The molecule has 102 valence electrons. The summed E-state index contributed by atoms with van der Waals surface area (Å²) in [6.07, 6.45) is 0. The molecule has 0 radical (unpaired) electrons. The molecular formula is C13H23NO3Si. The molecule has 0 saturated heterocycles. The highest BCUT2D eigenvalue weighted by Gasteiger charge is 2.45. The monoisotopic (exact) mass is 269 g/mol. The lowest BCUT2D eigenvalue weighted by atomic mass is 10.1. The molecule has 1 unspecified atom stereocenters. The average Bonchev–Trinajstić information content (AvgIpc) is 2.38. The van der Waals surface area contributed by atoms with E-state index in [-0.39, 0.29) is 5.67 Å². The van der Waals surface area contributed by atoms with E-state index in [9.17, 15) is 0 Å². The number of rotatable bonds is 6. The highest BCUT2D eigenvalue weighted by Crippen LogP contribution is 2.22. The van der Waals surface area contributed by atoms with Crippen LogP contribution >= 0.6 is 0 Å². The molecule has 1 atom stereocenters. The van der Waals surface area contributed by atoms with Crippen LogP contribution in [0.1, 0.15) is 18.1 Å². The van der Waals surface area contributed by atoms with Gasteiger partial charge in [0.15, 0.2) is 0 Å². The third kappa shape index (κ3) is 2.92. The van der Waals surface area contributed by atoms with Crippen molar-refractivity contribution >= 4 is 14.5 Å². The van der Waals surface area contributed by atoms with E-state index in [1.807, 2.05) is 13.0 Å². The number of hydrogen-bond acceptors (Lipinski definition) is 4. The van der Waals surface area contributed by atoms with Gasteiger partial charge < -0.3 is 18.6 Å². The van der Waals surface area contributed by atoms with Gasteiger partial charge >= 0.3 is 8.80 Å². The van der Waals surface area contributed by atoms with Crippen LogP contribution in [-0.4, -0.2) is 35.8 Å². The smallest absolute Gasteiger partial charge is 0.378 e. The van der Waals surface area contributed by atoms with Crippen molar-refractivity contribution in [1.29, 1.82) is 0 Å². The van der Waals surface area contributed by atoms with Crippen LogP contribution in [0.15, 0.2) is 18.2 Å². The van der Waals surface area contributed by atoms with E-state index in [1.54, 1.807) is 21.3 Å². The van der Waals surface area contributed by atoms with E-state index in [0.717, 1.165) is 5.69 Å². The molecule has 0 aliphatic heterocycles. The summed E-state index contributed by atoms with van der Waals surface area (Å²) in [6.45, 7) is 6.21. The van der Waals surface area contributed by atoms with Gasteiger partial charge in [-0.25, -0.2) is 0 Å². The number of hydrogen-bond donors (Lipinski definition) is 1. The van der Waals surface area contributed by atoms with Crippen molar-refractivity contribution in [3.63, 3.8) is 0 Å². The fraction of sp³-hybridized carbons (Fsp3) is 0.538. The number of aryl methyl sites for hydroxylation is 1. The maximum absolute atomic E-state index is 5.47. The highest BCUT2D eigenvalue weighted by atomic mass is 28.4. The molecule has 0 aliphatic carbocycles. The van der Waals surface area contributed by atoms with E-state index >= 15 is 0 Å². The zero-order valence-electron chi connectivity index (χ0n) is 12.0. The van der Waals surface area contributed by atoms with Crippen molar-refractivity contribution in [2.45, 2.75) is 26.4 Å². The second-order valence-corrected chi connectivity index (χ2v) is 7.63. The minimum Gasteiger partial charge on any atom is -0.378 e. The van der Waals surface area contributed by atoms with Crippen molar-refractivity contribution in [1.82, 2.24) is 0 Å². The Hall–Kier alpha value is -0.883. The molecule has 1 aromatic rings. The third-order valence-corrected chi connectivity index (χ3v) is 6.27. The van der Waals surface area contributed by atoms with Gasteiger partial charge in [-0.1, -0.05) is 12.1 Å². The lowest BCUT2D eigenvalue weighted by Crippen LogP contribution is -2.56. The minimum absolute atomic E-state index is 0.0157. The molecule has 0 bridgehead atoms. The standard InChI is InChI=1S/C13H23NO3Si/c1-10-8-7-9-13(11(10)2)14-12(3)18(15-4,16-5)17-6/h7-9,12,14H,1-6H3. The van der Waals surface area contributed by atoms with Gasteiger partial charge in [0.1, 0.15) is 0 Å². The normalized spacial score (nSPS) is 13.4. The van der Waals surface area contributed by atoms with Gasteiger partial charge in [0.2, 0.25) is 0 Å². The van der Waals surface area contributed by atoms with Gasteiger partial charge in [-0.3, -0.25) is 0 Å². The first-order chi connectivity index (χ1) is 8.50. The molecule has 0 heterocycles. The zero-order valence-corrected chi connectivity index (χ0v) is 13.0. The van der Waals surface area contributed by atoms with Crippen LogP contribution in [0.2, 0.25) is 0 Å². The Morgan fingerprint density at radius 3 is 2.11 bits per heavy atom. The van der Waals surface area contributed by atoms with Crippen LogP contribution in [0.3, 0.4) is 0 Å². The summed E-state index contributed by atoms with van der Waals surface area (Å²) in [6, 6.07) is 6.19. The lowest BCUT2D eigenvalue weighted by Gasteiger charge is -2.31. The van der Waals surface area contributed by atoms with Crippen LogP contribution in [-0.2, 0) is 13.3 Å². The van der Waals surface area contributed by atoms with Crippen LogP contribution in [0.4, 0.5) is 5.69 Å². The summed E-state index contributed by atoms with van der Waals surface area (Å²) in [4.78, 5) is 0. The fourth-order valence-electron chi connectivity index (χ4n) is 2.01. The first-order valence-corrected chi connectivity index (χ1v) is 7.79. The number of anilines is 1. The van der Waals surface area contributed by atoms with Crippen molar-refractivity contribution in [3.8, 4) is 0 Å². The summed E-state index contributed by atoms with van der Waals surface area (Å²) in [5.74, 6) is 0. The van der Waals surface area contributed by atoms with Gasteiger partial charge in [0, 0.05) is 27.0 Å².